The van der Waals surface area contributed by atoms with E-state index in [9.17, 15) is 4.79 Å². The fourth-order valence-electron chi connectivity index (χ4n) is 3.29. The van der Waals surface area contributed by atoms with Crippen LogP contribution in [0.1, 0.15) is 17.3 Å². The zero-order valence-corrected chi connectivity index (χ0v) is 15.2. The van der Waals surface area contributed by atoms with E-state index in [0.717, 1.165) is 35.8 Å². The number of anilines is 2. The molecule has 0 saturated carbocycles. The van der Waals surface area contributed by atoms with E-state index in [2.05, 4.69) is 36.7 Å². The predicted molar refractivity (Wildman–Crippen MR) is 101 cm³/mol. The molecule has 3 aromatic rings. The summed E-state index contributed by atoms with van der Waals surface area (Å²) >= 11 is 1.46. The van der Waals surface area contributed by atoms with E-state index in [0.29, 0.717) is 12.1 Å². The predicted octanol–water partition coefficient (Wildman–Crippen LogP) is 1.46. The molecule has 0 aromatic carbocycles. The van der Waals surface area contributed by atoms with Gasteiger partial charge in [0.1, 0.15) is 5.52 Å². The first-order valence-electron chi connectivity index (χ1n) is 8.41. The molecule has 1 aliphatic heterocycles. The number of ketones is 1. The highest BCUT2D eigenvalue weighted by Gasteiger charge is 2.28. The fourth-order valence-corrected chi connectivity index (χ4v) is 3.95. The van der Waals surface area contributed by atoms with Crippen molar-refractivity contribution in [2.75, 3.05) is 36.8 Å². The number of nitrogen functional groups attached to an aromatic ring is 1. The number of hydrogen-bond donors (Lipinski definition) is 1. The number of thiazole rings is 1. The third-order valence-electron chi connectivity index (χ3n) is 4.55. The molecule has 0 aliphatic carbocycles. The quantitative estimate of drug-likeness (QED) is 0.690. The number of fused-ring (bicyclic) bond motifs is 1. The molecule has 1 saturated heterocycles. The van der Waals surface area contributed by atoms with E-state index >= 15 is 0 Å². The van der Waals surface area contributed by atoms with Crippen molar-refractivity contribution in [3.63, 3.8) is 0 Å². The molecule has 1 aliphatic rings. The third-order valence-corrected chi connectivity index (χ3v) is 5.27. The van der Waals surface area contributed by atoms with Gasteiger partial charge in [-0.15, -0.1) is 11.3 Å². The lowest BCUT2D eigenvalue weighted by atomic mass is 10.1. The van der Waals surface area contributed by atoms with Crippen molar-refractivity contribution in [2.45, 2.75) is 13.0 Å². The topological polar surface area (TPSA) is 101 Å². The van der Waals surface area contributed by atoms with Crippen LogP contribution in [0.4, 0.5) is 11.8 Å². The molecular formula is C17H19N7OS. The average molecular weight is 369 g/mol. The molecule has 3 aromatic heterocycles. The number of nitrogens with two attached hydrogens (primary N) is 1. The number of carbonyl (C=O) groups is 1. The standard InChI is InChI=1S/C17H19N7OS/c1-11-8-23(9-13(25)12-2-4-19-5-3-12)6-7-24(11)15-14-16(26-10-20-14)22-17(18)21-15/h2-5,10-11H,6-9H2,1H3,(H2,18,21,22)/t11-/m0/s1. The first kappa shape index (κ1) is 16.8. The molecule has 4 rings (SSSR count). The molecule has 2 N–H and O–H groups in total. The van der Waals surface area contributed by atoms with Crippen LogP contribution >= 0.6 is 11.3 Å². The van der Waals surface area contributed by atoms with E-state index < -0.39 is 0 Å². The number of pyridine rings is 1. The Morgan fingerprint density at radius 2 is 2.12 bits per heavy atom. The molecule has 9 heteroatoms. The van der Waals surface area contributed by atoms with Crippen LogP contribution in [0.5, 0.6) is 0 Å². The maximum atomic E-state index is 12.4. The largest absolute Gasteiger partial charge is 0.368 e. The number of hydrogen-bond acceptors (Lipinski definition) is 9. The number of aromatic nitrogens is 4. The van der Waals surface area contributed by atoms with Gasteiger partial charge >= 0.3 is 0 Å². The normalized spacial score (nSPS) is 18.3. The Kier molecular flexibility index (Phi) is 4.48. The van der Waals surface area contributed by atoms with Crippen molar-refractivity contribution in [1.29, 1.82) is 0 Å². The number of nitrogens with zero attached hydrogens (tertiary/aromatic N) is 6. The summed E-state index contributed by atoms with van der Waals surface area (Å²) in [5, 5.41) is 0. The molecule has 0 radical (unpaired) electrons. The molecule has 0 spiro atoms. The number of rotatable bonds is 4. The summed E-state index contributed by atoms with van der Waals surface area (Å²) in [5.74, 6) is 1.15. The van der Waals surface area contributed by atoms with Gasteiger partial charge in [-0.25, -0.2) is 9.97 Å². The van der Waals surface area contributed by atoms with Gasteiger partial charge in [-0.1, -0.05) is 0 Å². The van der Waals surface area contributed by atoms with Crippen LogP contribution in [0, 0.1) is 0 Å². The highest BCUT2D eigenvalue weighted by Crippen LogP contribution is 2.28. The van der Waals surface area contributed by atoms with Crippen molar-refractivity contribution in [3.8, 4) is 0 Å². The molecule has 4 heterocycles. The third kappa shape index (κ3) is 3.23. The van der Waals surface area contributed by atoms with Crippen molar-refractivity contribution in [1.82, 2.24) is 24.8 Å². The monoisotopic (exact) mass is 369 g/mol. The minimum absolute atomic E-state index is 0.112. The van der Waals surface area contributed by atoms with Gasteiger partial charge in [0.05, 0.1) is 12.1 Å². The van der Waals surface area contributed by atoms with Crippen LogP contribution in [0.3, 0.4) is 0 Å². The Morgan fingerprint density at radius 3 is 2.88 bits per heavy atom. The van der Waals surface area contributed by atoms with Crippen LogP contribution in [0.15, 0.2) is 30.0 Å². The minimum Gasteiger partial charge on any atom is -0.368 e. The van der Waals surface area contributed by atoms with Gasteiger partial charge in [0.15, 0.2) is 16.4 Å². The Morgan fingerprint density at radius 1 is 1.31 bits per heavy atom. The summed E-state index contributed by atoms with van der Waals surface area (Å²) < 4.78 is 0. The van der Waals surface area contributed by atoms with Gasteiger partial charge in [-0.2, -0.15) is 4.98 Å². The highest BCUT2D eigenvalue weighted by molar-refractivity contribution is 7.16. The Labute approximate surface area is 154 Å². The summed E-state index contributed by atoms with van der Waals surface area (Å²) in [4.78, 5) is 34.6. The van der Waals surface area contributed by atoms with Gasteiger partial charge in [0.2, 0.25) is 5.95 Å². The SMILES string of the molecule is C[C@H]1CN(CC(=O)c2ccncc2)CCN1c1nc(N)nc2scnc12. The van der Waals surface area contributed by atoms with Crippen LogP contribution in [-0.2, 0) is 0 Å². The zero-order chi connectivity index (χ0) is 18.1. The van der Waals surface area contributed by atoms with E-state index in [1.807, 2.05) is 0 Å². The second-order valence-electron chi connectivity index (χ2n) is 6.35. The summed E-state index contributed by atoms with van der Waals surface area (Å²) in [6.07, 6.45) is 3.29. The molecule has 0 amide bonds. The van der Waals surface area contributed by atoms with Crippen molar-refractivity contribution in [2.24, 2.45) is 0 Å². The van der Waals surface area contributed by atoms with Crippen molar-refractivity contribution >= 4 is 39.2 Å². The highest BCUT2D eigenvalue weighted by atomic mass is 32.1. The lowest BCUT2D eigenvalue weighted by molar-refractivity contribution is 0.0917. The number of piperazine rings is 1. The molecule has 26 heavy (non-hydrogen) atoms. The van der Waals surface area contributed by atoms with Gasteiger partial charge < -0.3 is 10.6 Å². The zero-order valence-electron chi connectivity index (χ0n) is 14.4. The van der Waals surface area contributed by atoms with Crippen LogP contribution in [0.2, 0.25) is 0 Å². The second-order valence-corrected chi connectivity index (χ2v) is 7.18. The van der Waals surface area contributed by atoms with Gasteiger partial charge in [0, 0.05) is 43.6 Å². The average Bonchev–Trinajstić information content (AvgIpc) is 3.10. The van der Waals surface area contributed by atoms with Crippen LogP contribution in [-0.4, -0.2) is 62.8 Å². The molecule has 0 bridgehead atoms. The number of Topliss-reactive ketones (excluding diaryl/α,β-unsaturated/α-hetero) is 1. The Bertz CT molecular complexity index is 929. The van der Waals surface area contributed by atoms with Gasteiger partial charge in [-0.05, 0) is 19.1 Å². The van der Waals surface area contributed by atoms with E-state index in [4.69, 9.17) is 5.73 Å². The van der Waals surface area contributed by atoms with Crippen LogP contribution < -0.4 is 10.6 Å². The lowest BCUT2D eigenvalue weighted by Crippen LogP contribution is -2.53. The van der Waals surface area contributed by atoms with Crippen molar-refractivity contribution < 1.29 is 4.79 Å². The molecule has 134 valence electrons. The maximum absolute atomic E-state index is 12.4. The fraction of sp³-hybridized carbons (Fsp3) is 0.353. The number of carbonyl (C=O) groups excluding carboxylic acids is 1. The van der Waals surface area contributed by atoms with E-state index in [-0.39, 0.29) is 17.8 Å². The molecule has 1 fully saturated rings. The lowest BCUT2D eigenvalue weighted by Gasteiger charge is -2.40. The van der Waals surface area contributed by atoms with Crippen LogP contribution in [0.25, 0.3) is 10.3 Å². The Hall–Kier alpha value is -2.65. The summed E-state index contributed by atoms with van der Waals surface area (Å²) in [5.41, 5.74) is 9.11. The molecule has 0 unspecified atom stereocenters. The summed E-state index contributed by atoms with van der Waals surface area (Å²) in [6, 6.07) is 3.70. The molecule has 8 nitrogen and oxygen atoms in total. The van der Waals surface area contributed by atoms with Gasteiger partial charge in [-0.3, -0.25) is 14.7 Å². The summed E-state index contributed by atoms with van der Waals surface area (Å²) in [6.45, 7) is 4.83. The first-order chi connectivity index (χ1) is 12.6. The summed E-state index contributed by atoms with van der Waals surface area (Å²) in [7, 11) is 0. The second kappa shape index (κ2) is 6.93. The van der Waals surface area contributed by atoms with E-state index in [1.165, 1.54) is 11.3 Å². The molecular weight excluding hydrogens is 350 g/mol. The maximum Gasteiger partial charge on any atom is 0.223 e. The smallest absolute Gasteiger partial charge is 0.223 e. The van der Waals surface area contributed by atoms with E-state index in [1.54, 1.807) is 30.0 Å². The molecule has 1 atom stereocenters. The van der Waals surface area contributed by atoms with Gasteiger partial charge in [0.25, 0.3) is 0 Å². The minimum atomic E-state index is 0.112. The Balaban J connectivity index is 1.48. The van der Waals surface area contributed by atoms with Crippen molar-refractivity contribution in [3.05, 3.63) is 35.6 Å². The first-order valence-corrected chi connectivity index (χ1v) is 9.28.